The van der Waals surface area contributed by atoms with Crippen molar-refractivity contribution in [1.29, 1.82) is 0 Å². The van der Waals surface area contributed by atoms with Crippen LogP contribution in [0.2, 0.25) is 0 Å². The largest absolute Gasteiger partial charge is 0.334 e. The van der Waals surface area contributed by atoms with E-state index < -0.39 is 0 Å². The highest BCUT2D eigenvalue weighted by molar-refractivity contribution is 5.39. The average Bonchev–Trinajstić information content (AvgIpc) is 2.85. The normalized spacial score (nSPS) is 21.9. The number of rotatable bonds is 2. The zero-order valence-electron chi connectivity index (χ0n) is 6.44. The zero-order chi connectivity index (χ0) is 7.68. The second-order valence-corrected chi connectivity index (χ2v) is 2.65. The summed E-state index contributed by atoms with van der Waals surface area (Å²) in [6, 6.07) is 0.664. The van der Waals surface area contributed by atoms with Gasteiger partial charge in [-0.25, -0.2) is 15.0 Å². The minimum atomic E-state index is 0.664. The van der Waals surface area contributed by atoms with Gasteiger partial charge in [0.25, 0.3) is 0 Å². The molecule has 0 bridgehead atoms. The molecule has 1 aromatic heterocycles. The number of aromatic nitrogens is 3. The molecule has 11 heavy (non-hydrogen) atoms. The lowest BCUT2D eigenvalue weighted by molar-refractivity contribution is 0.896. The Morgan fingerprint density at radius 3 is 2.82 bits per heavy atom. The molecule has 2 heterocycles. The van der Waals surface area contributed by atoms with Crippen LogP contribution in [0.15, 0.2) is 12.7 Å². The summed E-state index contributed by atoms with van der Waals surface area (Å²) < 4.78 is 0. The lowest BCUT2D eigenvalue weighted by Crippen LogP contribution is -2.02. The lowest BCUT2D eigenvalue weighted by atomic mass is 10.4. The molecular formula is C7H10N4. The van der Waals surface area contributed by atoms with E-state index in [0.29, 0.717) is 6.04 Å². The Hall–Kier alpha value is -1.19. The lowest BCUT2D eigenvalue weighted by Gasteiger charge is -1.98. The molecule has 2 rings (SSSR count). The molecule has 0 spiro atoms. The van der Waals surface area contributed by atoms with Crippen molar-refractivity contribution in [2.24, 2.45) is 0 Å². The van der Waals surface area contributed by atoms with Gasteiger partial charge in [0.05, 0.1) is 0 Å². The van der Waals surface area contributed by atoms with Gasteiger partial charge in [-0.05, 0) is 6.42 Å². The van der Waals surface area contributed by atoms with E-state index in [2.05, 4.69) is 26.8 Å². The van der Waals surface area contributed by atoms with Crippen molar-refractivity contribution in [3.05, 3.63) is 12.7 Å². The molecule has 1 aliphatic heterocycles. The SMILES string of the molecule is CCC1CN1c1ncncn1. The molecular weight excluding hydrogens is 140 g/mol. The predicted octanol–water partition coefficient (Wildman–Crippen LogP) is 0.470. The van der Waals surface area contributed by atoms with Crippen LogP contribution in [-0.4, -0.2) is 27.5 Å². The van der Waals surface area contributed by atoms with Crippen LogP contribution in [0.4, 0.5) is 5.95 Å². The quantitative estimate of drug-likeness (QED) is 0.575. The molecule has 0 radical (unpaired) electrons. The first-order chi connectivity index (χ1) is 5.42. The van der Waals surface area contributed by atoms with Crippen molar-refractivity contribution < 1.29 is 0 Å². The number of nitrogens with zero attached hydrogens (tertiary/aromatic N) is 4. The van der Waals surface area contributed by atoms with Crippen LogP contribution >= 0.6 is 0 Å². The van der Waals surface area contributed by atoms with Crippen molar-refractivity contribution in [3.8, 4) is 0 Å². The standard InChI is InChI=1S/C7H10N4/c1-2-6-3-11(6)7-9-4-8-5-10-7/h4-6H,2-3H2,1H3. The summed E-state index contributed by atoms with van der Waals surface area (Å²) in [4.78, 5) is 14.0. The third-order valence-electron chi connectivity index (χ3n) is 1.92. The van der Waals surface area contributed by atoms with E-state index in [1.54, 1.807) is 0 Å². The van der Waals surface area contributed by atoms with Gasteiger partial charge < -0.3 is 4.90 Å². The van der Waals surface area contributed by atoms with E-state index in [0.717, 1.165) is 12.5 Å². The van der Waals surface area contributed by atoms with Gasteiger partial charge in [-0.2, -0.15) is 0 Å². The maximum absolute atomic E-state index is 4.04. The highest BCUT2D eigenvalue weighted by atomic mass is 15.4. The Labute approximate surface area is 65.3 Å². The molecule has 1 saturated heterocycles. The number of anilines is 1. The Kier molecular flexibility index (Phi) is 1.45. The van der Waals surface area contributed by atoms with E-state index in [9.17, 15) is 0 Å². The van der Waals surface area contributed by atoms with Gasteiger partial charge in [-0.3, -0.25) is 0 Å². The van der Waals surface area contributed by atoms with E-state index in [4.69, 9.17) is 0 Å². The van der Waals surface area contributed by atoms with Gasteiger partial charge in [0.2, 0.25) is 5.95 Å². The summed E-state index contributed by atoms with van der Waals surface area (Å²) in [6.45, 7) is 3.27. The molecule has 1 aliphatic rings. The van der Waals surface area contributed by atoms with Crippen LogP contribution in [0.5, 0.6) is 0 Å². The van der Waals surface area contributed by atoms with Gasteiger partial charge >= 0.3 is 0 Å². The van der Waals surface area contributed by atoms with Crippen LogP contribution in [0.3, 0.4) is 0 Å². The smallest absolute Gasteiger partial charge is 0.228 e. The van der Waals surface area contributed by atoms with Crippen molar-refractivity contribution >= 4 is 5.95 Å². The van der Waals surface area contributed by atoms with Crippen molar-refractivity contribution in [3.63, 3.8) is 0 Å². The molecule has 1 fully saturated rings. The monoisotopic (exact) mass is 150 g/mol. The van der Waals surface area contributed by atoms with Crippen LogP contribution < -0.4 is 4.90 Å². The van der Waals surface area contributed by atoms with Gasteiger partial charge in [0.15, 0.2) is 0 Å². The first-order valence-corrected chi connectivity index (χ1v) is 3.80. The number of hydrogen-bond donors (Lipinski definition) is 0. The maximum atomic E-state index is 4.04. The number of hydrogen-bond acceptors (Lipinski definition) is 4. The van der Waals surface area contributed by atoms with Crippen molar-refractivity contribution in [2.45, 2.75) is 19.4 Å². The Bertz CT molecular complexity index is 235. The van der Waals surface area contributed by atoms with Crippen molar-refractivity contribution in [1.82, 2.24) is 15.0 Å². The summed E-state index contributed by atoms with van der Waals surface area (Å²) in [5.74, 6) is 0.812. The minimum absolute atomic E-state index is 0.664. The third kappa shape index (κ3) is 1.15. The van der Waals surface area contributed by atoms with Crippen LogP contribution in [0.25, 0.3) is 0 Å². The first-order valence-electron chi connectivity index (χ1n) is 3.80. The minimum Gasteiger partial charge on any atom is -0.334 e. The molecule has 0 N–H and O–H groups in total. The molecule has 0 saturated carbocycles. The van der Waals surface area contributed by atoms with Crippen LogP contribution in [-0.2, 0) is 0 Å². The second-order valence-electron chi connectivity index (χ2n) is 2.65. The summed E-state index contributed by atoms with van der Waals surface area (Å²) in [6.07, 6.45) is 4.24. The highest BCUT2D eigenvalue weighted by Crippen LogP contribution is 2.24. The molecule has 4 nitrogen and oxygen atoms in total. The predicted molar refractivity (Wildman–Crippen MR) is 41.3 cm³/mol. The summed E-state index contributed by atoms with van der Waals surface area (Å²) in [7, 11) is 0. The van der Waals surface area contributed by atoms with Crippen LogP contribution in [0, 0.1) is 0 Å². The zero-order valence-corrected chi connectivity index (χ0v) is 6.44. The first kappa shape index (κ1) is 6.52. The summed E-state index contributed by atoms with van der Waals surface area (Å²) >= 11 is 0. The fourth-order valence-corrected chi connectivity index (χ4v) is 1.16. The summed E-state index contributed by atoms with van der Waals surface area (Å²) in [5, 5.41) is 0. The molecule has 0 amide bonds. The second kappa shape index (κ2) is 2.45. The molecule has 1 aromatic rings. The van der Waals surface area contributed by atoms with Crippen LogP contribution in [0.1, 0.15) is 13.3 Å². The molecule has 1 unspecified atom stereocenters. The Morgan fingerprint density at radius 2 is 2.27 bits per heavy atom. The summed E-state index contributed by atoms with van der Waals surface area (Å²) in [5.41, 5.74) is 0. The molecule has 0 aliphatic carbocycles. The van der Waals surface area contributed by atoms with E-state index in [-0.39, 0.29) is 0 Å². The highest BCUT2D eigenvalue weighted by Gasteiger charge is 2.33. The molecule has 58 valence electrons. The maximum Gasteiger partial charge on any atom is 0.228 e. The van der Waals surface area contributed by atoms with E-state index >= 15 is 0 Å². The van der Waals surface area contributed by atoms with Gasteiger partial charge in [0, 0.05) is 12.6 Å². The average molecular weight is 150 g/mol. The fourth-order valence-electron chi connectivity index (χ4n) is 1.16. The molecule has 1 atom stereocenters. The van der Waals surface area contributed by atoms with Gasteiger partial charge in [0.1, 0.15) is 12.7 Å². The Balaban J connectivity index is 2.09. The molecule has 0 aromatic carbocycles. The fraction of sp³-hybridized carbons (Fsp3) is 0.571. The van der Waals surface area contributed by atoms with Crippen molar-refractivity contribution in [2.75, 3.05) is 11.4 Å². The molecule has 4 heteroatoms. The van der Waals surface area contributed by atoms with E-state index in [1.165, 1.54) is 19.1 Å². The topological polar surface area (TPSA) is 41.7 Å². The Morgan fingerprint density at radius 1 is 1.55 bits per heavy atom. The third-order valence-corrected chi connectivity index (χ3v) is 1.92. The van der Waals surface area contributed by atoms with E-state index in [1.807, 2.05) is 0 Å². The van der Waals surface area contributed by atoms with Gasteiger partial charge in [-0.15, -0.1) is 0 Å². The van der Waals surface area contributed by atoms with Gasteiger partial charge in [-0.1, -0.05) is 6.92 Å².